The molecule has 0 bridgehead atoms. The third-order valence-corrected chi connectivity index (χ3v) is 2.74. The van der Waals surface area contributed by atoms with Gasteiger partial charge < -0.3 is 10.2 Å². The van der Waals surface area contributed by atoms with E-state index in [0.717, 1.165) is 6.33 Å². The van der Waals surface area contributed by atoms with Crippen LogP contribution in [-0.2, 0) is 0 Å². The first kappa shape index (κ1) is 10.5. The number of rotatable bonds is 2. The number of para-hydroxylation sites is 1. The predicted octanol–water partition coefficient (Wildman–Crippen LogP) is 1.43. The van der Waals surface area contributed by atoms with Crippen LogP contribution < -0.4 is 4.73 Å². The topological polar surface area (TPSA) is 72.7 Å². The number of H-pyrrole nitrogens is 1. The Hall–Kier alpha value is -2.69. The minimum Gasteiger partial charge on any atom is -0.710 e. The quantitative estimate of drug-likeness (QED) is 0.417. The summed E-state index contributed by atoms with van der Waals surface area (Å²) in [5, 5.41) is 12.3. The van der Waals surface area contributed by atoms with Crippen LogP contribution in [0.3, 0.4) is 0 Å². The molecule has 3 aromatic rings. The van der Waals surface area contributed by atoms with Crippen molar-refractivity contribution in [1.82, 2.24) is 9.97 Å². The first-order chi connectivity index (χ1) is 8.77. The minimum absolute atomic E-state index is 0.0862. The molecule has 5 nitrogen and oxygen atoms in total. The molecule has 0 unspecified atom stereocenters. The van der Waals surface area contributed by atoms with Crippen molar-refractivity contribution in [3.8, 4) is 0 Å². The molecule has 88 valence electrons. The van der Waals surface area contributed by atoms with E-state index in [1.807, 2.05) is 6.07 Å². The van der Waals surface area contributed by atoms with Crippen LogP contribution in [0.1, 0.15) is 16.2 Å². The van der Waals surface area contributed by atoms with Gasteiger partial charge in [0.2, 0.25) is 5.78 Å². The van der Waals surface area contributed by atoms with Crippen LogP contribution in [0.2, 0.25) is 0 Å². The van der Waals surface area contributed by atoms with Crippen LogP contribution in [0.4, 0.5) is 0 Å². The molecule has 0 spiro atoms. The van der Waals surface area contributed by atoms with E-state index in [-0.39, 0.29) is 11.5 Å². The van der Waals surface area contributed by atoms with Gasteiger partial charge in [0.1, 0.15) is 0 Å². The summed E-state index contributed by atoms with van der Waals surface area (Å²) < 4.78 is 0.505. The third-order valence-electron chi connectivity index (χ3n) is 2.74. The molecule has 0 aliphatic rings. The van der Waals surface area contributed by atoms with Gasteiger partial charge in [0.05, 0.1) is 11.1 Å². The van der Waals surface area contributed by atoms with Gasteiger partial charge in [0.15, 0.2) is 11.2 Å². The van der Waals surface area contributed by atoms with E-state index in [9.17, 15) is 10.0 Å². The summed E-state index contributed by atoms with van der Waals surface area (Å²) in [6.45, 7) is 0. The number of carbonyl (C=O) groups is 1. The molecule has 5 heteroatoms. The summed E-state index contributed by atoms with van der Waals surface area (Å²) in [7, 11) is 0. The lowest BCUT2D eigenvalue weighted by atomic mass is 10.1. The summed E-state index contributed by atoms with van der Waals surface area (Å²) in [5.41, 5.74) is 1.10. The Morgan fingerprint density at radius 3 is 2.83 bits per heavy atom. The fourth-order valence-corrected chi connectivity index (χ4v) is 1.90. The maximum absolute atomic E-state index is 12.3. The number of carbonyl (C=O) groups excluding carboxylic acids is 1. The average Bonchev–Trinajstić information content (AvgIpc) is 2.92. The van der Waals surface area contributed by atoms with Crippen molar-refractivity contribution >= 4 is 16.7 Å². The zero-order valence-corrected chi connectivity index (χ0v) is 9.33. The highest BCUT2D eigenvalue weighted by molar-refractivity contribution is 6.12. The average molecular weight is 239 g/mol. The van der Waals surface area contributed by atoms with E-state index in [1.165, 1.54) is 0 Å². The lowest BCUT2D eigenvalue weighted by Gasteiger charge is -2.08. The van der Waals surface area contributed by atoms with Crippen molar-refractivity contribution in [3.05, 3.63) is 65.5 Å². The Bertz CT molecular complexity index is 720. The normalized spacial score (nSPS) is 10.7. The molecule has 0 saturated heterocycles. The number of nitrogens with one attached hydrogen (secondary N) is 1. The van der Waals surface area contributed by atoms with E-state index in [2.05, 4.69) is 9.97 Å². The lowest BCUT2D eigenvalue weighted by Crippen LogP contribution is -2.35. The van der Waals surface area contributed by atoms with Crippen molar-refractivity contribution < 1.29 is 9.52 Å². The standard InChI is InChI=1S/C13H9N3O2/c17-13(11-6-3-7-14-11)12-9-4-1-2-5-10(9)15-8-16(12)18/h1-8,14H. The van der Waals surface area contributed by atoms with Crippen molar-refractivity contribution in [2.45, 2.75) is 0 Å². The van der Waals surface area contributed by atoms with E-state index >= 15 is 0 Å². The van der Waals surface area contributed by atoms with Crippen LogP contribution in [0, 0.1) is 5.21 Å². The Labute approximate surface area is 102 Å². The molecule has 0 radical (unpaired) electrons. The third kappa shape index (κ3) is 1.53. The van der Waals surface area contributed by atoms with E-state index in [4.69, 9.17) is 0 Å². The highest BCUT2D eigenvalue weighted by Crippen LogP contribution is 2.15. The molecule has 18 heavy (non-hydrogen) atoms. The molecule has 3 rings (SSSR count). The molecule has 2 aromatic heterocycles. The molecule has 0 saturated carbocycles. The van der Waals surface area contributed by atoms with Gasteiger partial charge in [0.25, 0.3) is 6.33 Å². The van der Waals surface area contributed by atoms with E-state index < -0.39 is 0 Å². The zero-order valence-electron chi connectivity index (χ0n) is 9.33. The second-order valence-electron chi connectivity index (χ2n) is 3.85. The van der Waals surface area contributed by atoms with Gasteiger partial charge in [-0.25, -0.2) is 4.73 Å². The zero-order chi connectivity index (χ0) is 12.5. The van der Waals surface area contributed by atoms with Crippen molar-refractivity contribution in [3.63, 3.8) is 0 Å². The summed E-state index contributed by atoms with van der Waals surface area (Å²) in [6, 6.07) is 10.4. The molecular weight excluding hydrogens is 230 g/mol. The van der Waals surface area contributed by atoms with Gasteiger partial charge in [-0.15, -0.1) is 0 Å². The van der Waals surface area contributed by atoms with Crippen LogP contribution in [-0.4, -0.2) is 15.8 Å². The molecule has 0 aliphatic carbocycles. The largest absolute Gasteiger partial charge is 0.710 e. The first-order valence-electron chi connectivity index (χ1n) is 5.42. The molecule has 0 amide bonds. The van der Waals surface area contributed by atoms with Gasteiger partial charge in [-0.2, -0.15) is 0 Å². The number of aromatic amines is 1. The van der Waals surface area contributed by atoms with Gasteiger partial charge in [-0.1, -0.05) is 12.1 Å². The molecular formula is C13H9N3O2. The van der Waals surface area contributed by atoms with Gasteiger partial charge >= 0.3 is 0 Å². The number of hydrogen-bond donors (Lipinski definition) is 1. The second kappa shape index (κ2) is 3.96. The lowest BCUT2D eigenvalue weighted by molar-refractivity contribution is -0.609. The highest BCUT2D eigenvalue weighted by atomic mass is 16.5. The smallest absolute Gasteiger partial charge is 0.290 e. The highest BCUT2D eigenvalue weighted by Gasteiger charge is 2.20. The Balaban J connectivity index is 2.28. The fourth-order valence-electron chi connectivity index (χ4n) is 1.90. The van der Waals surface area contributed by atoms with Crippen molar-refractivity contribution in [2.24, 2.45) is 0 Å². The summed E-state index contributed by atoms with van der Waals surface area (Å²) >= 11 is 0. The Kier molecular flexibility index (Phi) is 2.30. The first-order valence-corrected chi connectivity index (χ1v) is 5.42. The van der Waals surface area contributed by atoms with Crippen LogP contribution >= 0.6 is 0 Å². The van der Waals surface area contributed by atoms with Gasteiger partial charge in [-0.3, -0.25) is 4.79 Å². The summed E-state index contributed by atoms with van der Waals surface area (Å²) in [5.74, 6) is -0.339. The predicted molar refractivity (Wildman–Crippen MR) is 64.9 cm³/mol. The maximum Gasteiger partial charge on any atom is 0.290 e. The second-order valence-corrected chi connectivity index (χ2v) is 3.85. The monoisotopic (exact) mass is 239 g/mol. The summed E-state index contributed by atoms with van der Waals surface area (Å²) in [6.07, 6.45) is 2.75. The summed E-state index contributed by atoms with van der Waals surface area (Å²) in [4.78, 5) is 19.1. The van der Waals surface area contributed by atoms with Crippen LogP contribution in [0.25, 0.3) is 10.9 Å². The molecule has 0 fully saturated rings. The maximum atomic E-state index is 12.3. The fraction of sp³-hybridized carbons (Fsp3) is 0. The molecule has 0 atom stereocenters. The van der Waals surface area contributed by atoms with Crippen molar-refractivity contribution in [2.75, 3.05) is 0 Å². The van der Waals surface area contributed by atoms with Crippen molar-refractivity contribution in [1.29, 1.82) is 0 Å². The van der Waals surface area contributed by atoms with Gasteiger partial charge in [-0.05, 0) is 29.2 Å². The minimum atomic E-state index is -0.339. The number of aromatic nitrogens is 3. The molecule has 1 N–H and O–H groups in total. The van der Waals surface area contributed by atoms with E-state index in [0.29, 0.717) is 21.3 Å². The Morgan fingerprint density at radius 2 is 2.06 bits per heavy atom. The number of fused-ring (bicyclic) bond motifs is 1. The number of nitrogens with zero attached hydrogens (tertiary/aromatic N) is 2. The van der Waals surface area contributed by atoms with E-state index in [1.54, 1.807) is 36.5 Å². The van der Waals surface area contributed by atoms with Crippen LogP contribution in [0.5, 0.6) is 0 Å². The SMILES string of the molecule is O=C(c1ccc[nH]1)c1c2ccccc2nc[n+]1[O-]. The molecule has 1 aromatic carbocycles. The number of ketones is 1. The van der Waals surface area contributed by atoms with Crippen LogP contribution in [0.15, 0.2) is 48.9 Å². The molecule has 0 aliphatic heterocycles. The number of benzene rings is 1. The molecule has 2 heterocycles. The van der Waals surface area contributed by atoms with Gasteiger partial charge in [0, 0.05) is 6.20 Å². The number of hydrogen-bond acceptors (Lipinski definition) is 3. The Morgan fingerprint density at radius 1 is 1.22 bits per heavy atom.